The average molecular weight is 303 g/mol. The maximum atomic E-state index is 13.9. The topological polar surface area (TPSA) is 90.4 Å². The minimum atomic E-state index is -1.16. The second-order valence-electron chi connectivity index (χ2n) is 5.38. The summed E-state index contributed by atoms with van der Waals surface area (Å²) in [6, 6.07) is 4.47. The van der Waals surface area contributed by atoms with Gasteiger partial charge in [-0.3, -0.25) is 4.79 Å². The average Bonchev–Trinajstić information content (AvgIpc) is 2.88. The summed E-state index contributed by atoms with van der Waals surface area (Å²) in [5.41, 5.74) is 1.33. The molecule has 1 aromatic heterocycles. The Morgan fingerprint density at radius 3 is 2.64 bits per heavy atom. The van der Waals surface area contributed by atoms with Crippen LogP contribution in [-0.4, -0.2) is 27.1 Å². The molecular weight excluding hydrogens is 289 g/mol. The van der Waals surface area contributed by atoms with Gasteiger partial charge in [0.15, 0.2) is 0 Å². The van der Waals surface area contributed by atoms with Crippen molar-refractivity contribution in [3.63, 3.8) is 0 Å². The number of aromatic amines is 1. The molecule has 0 radical (unpaired) electrons. The van der Waals surface area contributed by atoms with E-state index in [-0.39, 0.29) is 11.2 Å². The Hall–Kier alpha value is -2.63. The zero-order chi connectivity index (χ0) is 15.9. The molecule has 2 aromatic rings. The zero-order valence-corrected chi connectivity index (χ0v) is 11.6. The first kappa shape index (κ1) is 14.3. The van der Waals surface area contributed by atoms with Crippen molar-refractivity contribution in [3.8, 4) is 0 Å². The number of aromatic carboxylic acids is 1. The highest BCUT2D eigenvalue weighted by molar-refractivity contribution is 6.04. The van der Waals surface area contributed by atoms with E-state index in [4.69, 9.17) is 5.11 Å². The fraction of sp³-hybridized carbons (Fsp3) is 0.250. The van der Waals surface area contributed by atoms with Gasteiger partial charge in [-0.25, -0.2) is 9.18 Å². The van der Waals surface area contributed by atoms with Crippen LogP contribution in [0.4, 0.5) is 4.39 Å². The number of hydrogen-bond donors (Lipinski definition) is 3. The Morgan fingerprint density at radius 2 is 2.05 bits per heavy atom. The molecule has 1 aliphatic rings. The summed E-state index contributed by atoms with van der Waals surface area (Å²) >= 11 is 0. The number of rotatable bonds is 3. The third-order valence-electron chi connectivity index (χ3n) is 4.08. The number of carboxylic acids is 2. The molecule has 1 aromatic carbocycles. The van der Waals surface area contributed by atoms with E-state index in [0.29, 0.717) is 30.2 Å². The fourth-order valence-corrected chi connectivity index (χ4v) is 2.96. The van der Waals surface area contributed by atoms with E-state index >= 15 is 0 Å². The molecule has 1 aliphatic carbocycles. The van der Waals surface area contributed by atoms with Crippen LogP contribution in [-0.2, 0) is 4.79 Å². The van der Waals surface area contributed by atoms with Crippen LogP contribution in [0.3, 0.4) is 0 Å². The van der Waals surface area contributed by atoms with Gasteiger partial charge in [-0.2, -0.15) is 0 Å². The summed E-state index contributed by atoms with van der Waals surface area (Å²) in [7, 11) is 0. The van der Waals surface area contributed by atoms with Gasteiger partial charge < -0.3 is 15.2 Å². The summed E-state index contributed by atoms with van der Waals surface area (Å²) in [4.78, 5) is 25.1. The quantitative estimate of drug-likeness (QED) is 0.811. The number of para-hydroxylation sites is 1. The van der Waals surface area contributed by atoms with Gasteiger partial charge in [0.1, 0.15) is 11.5 Å². The van der Waals surface area contributed by atoms with Gasteiger partial charge in [0, 0.05) is 10.9 Å². The van der Waals surface area contributed by atoms with Crippen LogP contribution >= 0.6 is 0 Å². The Bertz CT molecular complexity index is 806. The molecule has 0 fully saturated rings. The van der Waals surface area contributed by atoms with Crippen molar-refractivity contribution >= 4 is 28.4 Å². The van der Waals surface area contributed by atoms with E-state index in [0.717, 1.165) is 5.57 Å². The molecular formula is C16H14FNO4. The summed E-state index contributed by atoms with van der Waals surface area (Å²) in [6.45, 7) is 0. The first-order valence-corrected chi connectivity index (χ1v) is 6.94. The number of carbonyl (C=O) groups is 2. The van der Waals surface area contributed by atoms with Crippen molar-refractivity contribution in [1.29, 1.82) is 0 Å². The van der Waals surface area contributed by atoms with E-state index in [1.54, 1.807) is 12.1 Å². The van der Waals surface area contributed by atoms with Crippen LogP contribution in [0.15, 0.2) is 24.3 Å². The molecule has 3 N–H and O–H groups in total. The highest BCUT2D eigenvalue weighted by atomic mass is 19.1. The number of aromatic nitrogens is 1. The van der Waals surface area contributed by atoms with E-state index in [1.165, 1.54) is 12.1 Å². The van der Waals surface area contributed by atoms with Gasteiger partial charge >= 0.3 is 11.9 Å². The minimum absolute atomic E-state index is 0.0554. The lowest BCUT2D eigenvalue weighted by Gasteiger charge is -2.18. The number of benzene rings is 1. The van der Waals surface area contributed by atoms with Gasteiger partial charge in [-0.1, -0.05) is 18.2 Å². The molecule has 0 bridgehead atoms. The predicted molar refractivity (Wildman–Crippen MR) is 78.2 cm³/mol. The minimum Gasteiger partial charge on any atom is -0.481 e. The lowest BCUT2D eigenvalue weighted by Crippen LogP contribution is -2.16. The number of aliphatic carboxylic acids is 1. The monoisotopic (exact) mass is 303 g/mol. The van der Waals surface area contributed by atoms with Gasteiger partial charge in [0.05, 0.1) is 11.4 Å². The van der Waals surface area contributed by atoms with Gasteiger partial charge in [0.2, 0.25) is 0 Å². The standard InChI is InChI=1S/C16H14FNO4/c17-11-3-1-2-10-12(14(16(21)22)18-13(10)11)8-4-6-9(7-5-8)15(19)20/h1-4,9,18H,5-7H2,(H,19,20)(H,21,22). The number of carboxylic acid groups (broad SMARTS) is 2. The highest BCUT2D eigenvalue weighted by Gasteiger charge is 2.26. The van der Waals surface area contributed by atoms with E-state index in [2.05, 4.69) is 4.98 Å². The maximum absolute atomic E-state index is 13.9. The largest absolute Gasteiger partial charge is 0.481 e. The van der Waals surface area contributed by atoms with Crippen molar-refractivity contribution < 1.29 is 24.2 Å². The molecule has 0 amide bonds. The molecule has 22 heavy (non-hydrogen) atoms. The number of H-pyrrole nitrogens is 1. The van der Waals surface area contributed by atoms with Crippen LogP contribution in [0.25, 0.3) is 16.5 Å². The predicted octanol–water partition coefficient (Wildman–Crippen LogP) is 3.27. The summed E-state index contributed by atoms with van der Waals surface area (Å²) in [5.74, 6) is -2.96. The molecule has 0 saturated carbocycles. The first-order valence-electron chi connectivity index (χ1n) is 6.94. The SMILES string of the molecule is O=C(O)c1[nH]c2c(F)cccc2c1C1=CCC(C(=O)O)CC1. The van der Waals surface area contributed by atoms with Crippen molar-refractivity contribution in [2.24, 2.45) is 5.92 Å². The molecule has 6 heteroatoms. The molecule has 0 spiro atoms. The number of fused-ring (bicyclic) bond motifs is 1. The van der Waals surface area contributed by atoms with Gasteiger partial charge in [0.25, 0.3) is 0 Å². The number of nitrogens with one attached hydrogen (secondary N) is 1. The molecule has 0 saturated heterocycles. The van der Waals surface area contributed by atoms with Crippen LogP contribution in [0.2, 0.25) is 0 Å². The highest BCUT2D eigenvalue weighted by Crippen LogP contribution is 2.37. The smallest absolute Gasteiger partial charge is 0.352 e. The molecule has 1 unspecified atom stereocenters. The number of allylic oxidation sites excluding steroid dienone is 2. The Balaban J connectivity index is 2.14. The number of halogens is 1. The van der Waals surface area contributed by atoms with Crippen LogP contribution in [0.1, 0.15) is 35.3 Å². The second-order valence-corrected chi connectivity index (χ2v) is 5.38. The van der Waals surface area contributed by atoms with E-state index < -0.39 is 23.7 Å². The lowest BCUT2D eigenvalue weighted by atomic mass is 9.85. The maximum Gasteiger partial charge on any atom is 0.352 e. The number of hydrogen-bond acceptors (Lipinski definition) is 2. The fourth-order valence-electron chi connectivity index (χ4n) is 2.96. The Labute approximate surface area is 125 Å². The lowest BCUT2D eigenvalue weighted by molar-refractivity contribution is -0.141. The zero-order valence-electron chi connectivity index (χ0n) is 11.6. The van der Waals surface area contributed by atoms with Crippen LogP contribution in [0.5, 0.6) is 0 Å². The van der Waals surface area contributed by atoms with Crippen LogP contribution < -0.4 is 0 Å². The molecule has 1 heterocycles. The first-order chi connectivity index (χ1) is 10.5. The van der Waals surface area contributed by atoms with Crippen molar-refractivity contribution in [3.05, 3.63) is 41.3 Å². The van der Waals surface area contributed by atoms with Crippen LogP contribution in [0, 0.1) is 11.7 Å². The van der Waals surface area contributed by atoms with Gasteiger partial charge in [-0.15, -0.1) is 0 Å². The van der Waals surface area contributed by atoms with E-state index in [9.17, 15) is 19.1 Å². The molecule has 5 nitrogen and oxygen atoms in total. The molecule has 114 valence electrons. The summed E-state index contributed by atoms with van der Waals surface area (Å²) in [6.07, 6.45) is 3.01. The third kappa shape index (κ3) is 2.26. The Morgan fingerprint density at radius 1 is 1.27 bits per heavy atom. The molecule has 0 aliphatic heterocycles. The van der Waals surface area contributed by atoms with Crippen molar-refractivity contribution in [1.82, 2.24) is 4.98 Å². The molecule has 3 rings (SSSR count). The second kappa shape index (κ2) is 5.29. The molecule has 1 atom stereocenters. The Kier molecular flexibility index (Phi) is 3.44. The normalized spacial score (nSPS) is 18.2. The van der Waals surface area contributed by atoms with Crippen molar-refractivity contribution in [2.45, 2.75) is 19.3 Å². The van der Waals surface area contributed by atoms with Gasteiger partial charge in [-0.05, 0) is 30.9 Å². The third-order valence-corrected chi connectivity index (χ3v) is 4.08. The summed E-state index contributed by atoms with van der Waals surface area (Å²) in [5, 5.41) is 18.9. The summed E-state index contributed by atoms with van der Waals surface area (Å²) < 4.78 is 13.9. The van der Waals surface area contributed by atoms with E-state index in [1.807, 2.05) is 0 Å². The van der Waals surface area contributed by atoms with Crippen molar-refractivity contribution in [2.75, 3.05) is 0 Å².